The van der Waals surface area contributed by atoms with Gasteiger partial charge in [-0.3, -0.25) is 0 Å². The van der Waals surface area contributed by atoms with Gasteiger partial charge in [-0.1, -0.05) is 12.1 Å². The summed E-state index contributed by atoms with van der Waals surface area (Å²) in [7, 11) is -7.22. The summed E-state index contributed by atoms with van der Waals surface area (Å²) in [4.78, 5) is -0.00443. The highest BCUT2D eigenvalue weighted by Crippen LogP contribution is 2.19. The number of hydrogen-bond donors (Lipinski definition) is 3. The summed E-state index contributed by atoms with van der Waals surface area (Å²) in [6.07, 6.45) is 1.73. The molecule has 19 heavy (non-hydrogen) atoms. The van der Waals surface area contributed by atoms with Gasteiger partial charge in [-0.25, -0.2) is 13.6 Å². The van der Waals surface area contributed by atoms with Gasteiger partial charge in [0, 0.05) is 12.6 Å². The lowest BCUT2D eigenvalue weighted by Gasteiger charge is -2.07. The minimum Gasteiger partial charge on any atom is -0.225 e. The maximum absolute atomic E-state index is 11.5. The Morgan fingerprint density at radius 1 is 1.11 bits per heavy atom. The molecular formula is C10H15N3O4S2. The largest absolute Gasteiger partial charge is 0.277 e. The molecule has 106 valence electrons. The van der Waals surface area contributed by atoms with Gasteiger partial charge in [0.15, 0.2) is 0 Å². The van der Waals surface area contributed by atoms with Gasteiger partial charge in [0.2, 0.25) is 10.0 Å². The number of sulfonamides is 1. The molecule has 2 rings (SSSR count). The van der Waals surface area contributed by atoms with Crippen LogP contribution in [0.25, 0.3) is 0 Å². The van der Waals surface area contributed by atoms with Crippen LogP contribution in [-0.2, 0) is 26.8 Å². The van der Waals surface area contributed by atoms with Crippen molar-refractivity contribution in [1.82, 2.24) is 9.44 Å². The quantitative estimate of drug-likeness (QED) is 0.651. The number of nitrogens with one attached hydrogen (secondary N) is 2. The average molecular weight is 305 g/mol. The maximum Gasteiger partial charge on any atom is 0.277 e. The third-order valence-corrected chi connectivity index (χ3v) is 4.71. The minimum atomic E-state index is -3.72. The second-order valence-corrected chi connectivity index (χ2v) is 7.50. The van der Waals surface area contributed by atoms with E-state index in [2.05, 4.69) is 9.44 Å². The second kappa shape index (κ2) is 5.17. The van der Waals surface area contributed by atoms with E-state index in [0.29, 0.717) is 5.56 Å². The van der Waals surface area contributed by atoms with Crippen LogP contribution < -0.4 is 14.6 Å². The van der Waals surface area contributed by atoms with E-state index in [0.717, 1.165) is 12.8 Å². The molecule has 1 aliphatic rings. The van der Waals surface area contributed by atoms with Crippen LogP contribution in [0, 0.1) is 0 Å². The van der Waals surface area contributed by atoms with E-state index in [9.17, 15) is 16.8 Å². The molecule has 1 aromatic carbocycles. The van der Waals surface area contributed by atoms with E-state index in [1.165, 1.54) is 24.3 Å². The van der Waals surface area contributed by atoms with E-state index >= 15 is 0 Å². The molecule has 1 saturated carbocycles. The third kappa shape index (κ3) is 4.55. The Labute approximate surface area is 112 Å². The summed E-state index contributed by atoms with van der Waals surface area (Å²) >= 11 is 0. The third-order valence-electron chi connectivity index (χ3n) is 2.62. The first-order chi connectivity index (χ1) is 8.76. The smallest absolute Gasteiger partial charge is 0.225 e. The molecule has 0 aromatic heterocycles. The fourth-order valence-corrected chi connectivity index (χ4v) is 3.07. The molecule has 0 amide bonds. The first-order valence-electron chi connectivity index (χ1n) is 5.65. The number of hydrogen-bond acceptors (Lipinski definition) is 4. The van der Waals surface area contributed by atoms with Gasteiger partial charge in [-0.15, -0.1) is 0 Å². The van der Waals surface area contributed by atoms with Crippen LogP contribution in [0.2, 0.25) is 0 Å². The molecule has 4 N–H and O–H groups in total. The lowest BCUT2D eigenvalue weighted by Crippen LogP contribution is -2.37. The molecular weight excluding hydrogens is 290 g/mol. The molecule has 1 aliphatic carbocycles. The van der Waals surface area contributed by atoms with Crippen LogP contribution in [0.3, 0.4) is 0 Å². The molecule has 0 saturated heterocycles. The van der Waals surface area contributed by atoms with Crippen molar-refractivity contribution in [3.63, 3.8) is 0 Å². The zero-order valence-corrected chi connectivity index (χ0v) is 11.7. The van der Waals surface area contributed by atoms with E-state index in [1.807, 2.05) is 0 Å². The Morgan fingerprint density at radius 3 is 2.16 bits per heavy atom. The summed E-state index contributed by atoms with van der Waals surface area (Å²) in [5, 5.41) is 4.96. The molecule has 0 unspecified atom stereocenters. The minimum absolute atomic E-state index is 0.00443. The first-order valence-corrected chi connectivity index (χ1v) is 8.68. The van der Waals surface area contributed by atoms with E-state index in [4.69, 9.17) is 5.14 Å². The van der Waals surface area contributed by atoms with Gasteiger partial charge < -0.3 is 0 Å². The molecule has 0 spiro atoms. The zero-order valence-electron chi connectivity index (χ0n) is 10.0. The Bertz CT molecular complexity index is 649. The lowest BCUT2D eigenvalue weighted by atomic mass is 10.2. The number of rotatable bonds is 6. The maximum atomic E-state index is 11.5. The summed E-state index contributed by atoms with van der Waals surface area (Å²) in [5.41, 5.74) is 0.647. The van der Waals surface area contributed by atoms with Crippen LogP contribution in [0.5, 0.6) is 0 Å². The van der Waals surface area contributed by atoms with Crippen molar-refractivity contribution in [1.29, 1.82) is 0 Å². The van der Waals surface area contributed by atoms with E-state index < -0.39 is 20.2 Å². The van der Waals surface area contributed by atoms with Crippen molar-refractivity contribution in [2.24, 2.45) is 5.14 Å². The van der Waals surface area contributed by atoms with Crippen LogP contribution >= 0.6 is 0 Å². The van der Waals surface area contributed by atoms with E-state index in [-0.39, 0.29) is 17.5 Å². The van der Waals surface area contributed by atoms with Crippen LogP contribution in [0.15, 0.2) is 29.2 Å². The predicted molar refractivity (Wildman–Crippen MR) is 69.7 cm³/mol. The topological polar surface area (TPSA) is 118 Å². The van der Waals surface area contributed by atoms with E-state index in [1.54, 1.807) is 0 Å². The van der Waals surface area contributed by atoms with Gasteiger partial charge in [-0.05, 0) is 30.5 Å². The summed E-state index contributed by atoms with van der Waals surface area (Å²) in [6, 6.07) is 5.75. The Balaban J connectivity index is 1.96. The highest BCUT2D eigenvalue weighted by Gasteiger charge is 2.26. The molecule has 0 heterocycles. The highest BCUT2D eigenvalue weighted by molar-refractivity contribution is 7.89. The molecule has 1 aromatic rings. The average Bonchev–Trinajstić information content (AvgIpc) is 3.09. The zero-order chi connectivity index (χ0) is 14.1. The van der Waals surface area contributed by atoms with Gasteiger partial charge in [0.05, 0.1) is 4.90 Å². The second-order valence-electron chi connectivity index (χ2n) is 4.41. The molecule has 0 radical (unpaired) electrons. The number of nitrogens with two attached hydrogens (primary N) is 1. The monoisotopic (exact) mass is 305 g/mol. The summed E-state index contributed by atoms with van der Waals surface area (Å²) in [5.74, 6) is 0. The Morgan fingerprint density at radius 2 is 1.68 bits per heavy atom. The summed E-state index contributed by atoms with van der Waals surface area (Å²) in [6.45, 7) is 0.0902. The van der Waals surface area contributed by atoms with Crippen molar-refractivity contribution in [2.75, 3.05) is 0 Å². The SMILES string of the molecule is NS(=O)(=O)c1ccc(CNS(=O)(=O)NC2CC2)cc1. The van der Waals surface area contributed by atoms with Gasteiger partial charge >= 0.3 is 0 Å². The molecule has 0 aliphatic heterocycles. The number of benzene rings is 1. The summed E-state index contributed by atoms with van der Waals surface area (Å²) < 4.78 is 50.0. The molecule has 1 fully saturated rings. The Kier molecular flexibility index (Phi) is 3.92. The fraction of sp³-hybridized carbons (Fsp3) is 0.400. The van der Waals surface area contributed by atoms with Crippen LogP contribution in [0.4, 0.5) is 0 Å². The molecule has 0 bridgehead atoms. The van der Waals surface area contributed by atoms with Crippen molar-refractivity contribution in [3.8, 4) is 0 Å². The normalized spacial score (nSPS) is 16.5. The highest BCUT2D eigenvalue weighted by atomic mass is 32.2. The standard InChI is InChI=1S/C10H15N3O4S2/c11-18(14,15)10-5-1-8(2-6-10)7-12-19(16,17)13-9-3-4-9/h1-2,5-6,9,12-13H,3-4,7H2,(H2,11,14,15). The van der Waals surface area contributed by atoms with Crippen LogP contribution in [0.1, 0.15) is 18.4 Å². The first kappa shape index (κ1) is 14.4. The van der Waals surface area contributed by atoms with Crippen LogP contribution in [-0.4, -0.2) is 22.9 Å². The van der Waals surface area contributed by atoms with Gasteiger partial charge in [-0.2, -0.15) is 17.9 Å². The van der Waals surface area contributed by atoms with Gasteiger partial charge in [0.1, 0.15) is 0 Å². The van der Waals surface area contributed by atoms with Crippen molar-refractivity contribution >= 4 is 20.2 Å². The molecule has 0 atom stereocenters. The molecule has 7 nitrogen and oxygen atoms in total. The fourth-order valence-electron chi connectivity index (χ4n) is 1.44. The lowest BCUT2D eigenvalue weighted by molar-refractivity contribution is 0.565. The van der Waals surface area contributed by atoms with Crippen molar-refractivity contribution in [3.05, 3.63) is 29.8 Å². The Hall–Kier alpha value is -1.00. The van der Waals surface area contributed by atoms with Crippen molar-refractivity contribution < 1.29 is 16.8 Å². The van der Waals surface area contributed by atoms with Gasteiger partial charge in [0.25, 0.3) is 10.2 Å². The van der Waals surface area contributed by atoms with Crippen molar-refractivity contribution in [2.45, 2.75) is 30.3 Å². The number of primary sulfonamides is 1. The molecule has 9 heteroatoms. The predicted octanol–water partition coefficient (Wildman–Crippen LogP) is -0.580.